The maximum atomic E-state index is 12.1. The van der Waals surface area contributed by atoms with E-state index in [1.54, 1.807) is 0 Å². The zero-order valence-corrected chi connectivity index (χ0v) is 8.79. The van der Waals surface area contributed by atoms with Crippen LogP contribution in [0.3, 0.4) is 0 Å². The number of fused-ring (bicyclic) bond motifs is 1. The van der Waals surface area contributed by atoms with Gasteiger partial charge in [0.25, 0.3) is 0 Å². The average Bonchev–Trinajstić information content (AvgIpc) is 2.50. The van der Waals surface area contributed by atoms with Crippen LogP contribution in [0.15, 0.2) is 24.3 Å². The third-order valence-corrected chi connectivity index (χ3v) is 3.18. The first-order valence-electron chi connectivity index (χ1n) is 5.17. The van der Waals surface area contributed by atoms with E-state index in [-0.39, 0.29) is 11.2 Å². The number of carbonyl (C=O) groups is 1. The summed E-state index contributed by atoms with van der Waals surface area (Å²) in [6.45, 7) is 1.96. The van der Waals surface area contributed by atoms with Crippen molar-refractivity contribution in [3.63, 3.8) is 0 Å². The molecule has 1 aromatic rings. The molecule has 2 nitrogen and oxygen atoms in total. The van der Waals surface area contributed by atoms with Gasteiger partial charge in [0.15, 0.2) is 5.78 Å². The lowest BCUT2D eigenvalue weighted by Gasteiger charge is -2.19. The number of Topliss-reactive ketones (excluding diaryl/α,β-unsaturated/α-hetero) is 1. The summed E-state index contributed by atoms with van der Waals surface area (Å²) < 4.78 is 0. The average molecular weight is 199 g/mol. The van der Waals surface area contributed by atoms with E-state index in [0.717, 1.165) is 17.5 Å². The maximum absolute atomic E-state index is 12.1. The zero-order valence-electron chi connectivity index (χ0n) is 8.79. The molecule has 1 aromatic carbocycles. The Morgan fingerprint density at radius 2 is 2.20 bits per heavy atom. The molecule has 0 aromatic heterocycles. The van der Waals surface area contributed by atoms with Crippen molar-refractivity contribution >= 4 is 5.78 Å². The summed E-state index contributed by atoms with van der Waals surface area (Å²) in [7, 11) is 0. The molecule has 0 N–H and O–H groups in total. The summed E-state index contributed by atoms with van der Waals surface area (Å²) in [6, 6.07) is 9.86. The molecule has 2 heteroatoms. The molecule has 0 unspecified atom stereocenters. The molecule has 0 heterocycles. The Morgan fingerprint density at radius 1 is 1.47 bits per heavy atom. The van der Waals surface area contributed by atoms with Gasteiger partial charge >= 0.3 is 0 Å². The SMILES string of the molecule is C[C@]1(CCC#N)Cc2ccccc2C1=O. The molecule has 0 spiro atoms. The van der Waals surface area contributed by atoms with E-state index in [1.165, 1.54) is 0 Å². The molecule has 1 aliphatic carbocycles. The third kappa shape index (κ3) is 1.55. The molecule has 15 heavy (non-hydrogen) atoms. The highest BCUT2D eigenvalue weighted by molar-refractivity contribution is 6.04. The molecule has 0 saturated heterocycles. The van der Waals surface area contributed by atoms with Crippen LogP contribution in [-0.4, -0.2) is 5.78 Å². The van der Waals surface area contributed by atoms with E-state index >= 15 is 0 Å². The molecule has 0 fully saturated rings. The Bertz CT molecular complexity index is 444. The molecule has 76 valence electrons. The quantitative estimate of drug-likeness (QED) is 0.734. The first kappa shape index (κ1) is 9.92. The predicted molar refractivity (Wildman–Crippen MR) is 57.4 cm³/mol. The summed E-state index contributed by atoms with van der Waals surface area (Å²) in [4.78, 5) is 12.1. The van der Waals surface area contributed by atoms with Crippen LogP contribution in [0.1, 0.15) is 35.7 Å². The van der Waals surface area contributed by atoms with Crippen molar-refractivity contribution in [1.29, 1.82) is 5.26 Å². The highest BCUT2D eigenvalue weighted by Crippen LogP contribution is 2.39. The number of carbonyl (C=O) groups excluding carboxylic acids is 1. The second-order valence-electron chi connectivity index (χ2n) is 4.38. The Balaban J connectivity index is 2.30. The van der Waals surface area contributed by atoms with Gasteiger partial charge in [-0.05, 0) is 18.4 Å². The van der Waals surface area contributed by atoms with Gasteiger partial charge in [-0.25, -0.2) is 0 Å². The van der Waals surface area contributed by atoms with Gasteiger partial charge in [0.1, 0.15) is 0 Å². The fraction of sp³-hybridized carbons (Fsp3) is 0.385. The molecule has 0 radical (unpaired) electrons. The third-order valence-electron chi connectivity index (χ3n) is 3.18. The van der Waals surface area contributed by atoms with Gasteiger partial charge in [-0.3, -0.25) is 4.79 Å². The lowest BCUT2D eigenvalue weighted by Crippen LogP contribution is -2.23. The first-order chi connectivity index (χ1) is 7.17. The standard InChI is InChI=1S/C13H13NO/c1-13(7-4-8-14)9-10-5-2-3-6-11(10)12(13)15/h2-3,5-6H,4,7,9H2,1H3/t13-/m0/s1. The topological polar surface area (TPSA) is 40.9 Å². The van der Waals surface area contributed by atoms with Crippen molar-refractivity contribution in [3.8, 4) is 6.07 Å². The molecule has 0 amide bonds. The number of nitriles is 1. The van der Waals surface area contributed by atoms with Crippen LogP contribution in [0.2, 0.25) is 0 Å². The monoisotopic (exact) mass is 199 g/mol. The minimum atomic E-state index is -0.348. The van der Waals surface area contributed by atoms with Gasteiger partial charge in [-0.1, -0.05) is 31.2 Å². The van der Waals surface area contributed by atoms with Crippen molar-refractivity contribution in [2.24, 2.45) is 5.41 Å². The molecule has 0 bridgehead atoms. The molecule has 0 aliphatic heterocycles. The van der Waals surface area contributed by atoms with Crippen molar-refractivity contribution in [2.75, 3.05) is 0 Å². The molecule has 0 saturated carbocycles. The Hall–Kier alpha value is -1.62. The molecule has 1 aliphatic rings. The second kappa shape index (κ2) is 3.51. The van der Waals surface area contributed by atoms with Crippen molar-refractivity contribution in [3.05, 3.63) is 35.4 Å². The summed E-state index contributed by atoms with van der Waals surface area (Å²) in [5, 5.41) is 8.58. The van der Waals surface area contributed by atoms with Crippen molar-refractivity contribution in [2.45, 2.75) is 26.2 Å². The largest absolute Gasteiger partial charge is 0.294 e. The summed E-state index contributed by atoms with van der Waals surface area (Å²) >= 11 is 0. The van der Waals surface area contributed by atoms with Gasteiger partial charge in [-0.2, -0.15) is 5.26 Å². The van der Waals surface area contributed by atoms with Gasteiger partial charge in [-0.15, -0.1) is 0 Å². The zero-order chi connectivity index (χ0) is 10.9. The maximum Gasteiger partial charge on any atom is 0.169 e. The van der Waals surface area contributed by atoms with Gasteiger partial charge < -0.3 is 0 Å². The number of rotatable bonds is 2. The van der Waals surface area contributed by atoms with Crippen LogP contribution in [0.4, 0.5) is 0 Å². The van der Waals surface area contributed by atoms with Crippen LogP contribution in [0, 0.1) is 16.7 Å². The van der Waals surface area contributed by atoms with E-state index in [1.807, 2.05) is 31.2 Å². The molecular weight excluding hydrogens is 186 g/mol. The van der Waals surface area contributed by atoms with Crippen LogP contribution < -0.4 is 0 Å². The number of nitrogens with zero attached hydrogens (tertiary/aromatic N) is 1. The van der Waals surface area contributed by atoms with Crippen LogP contribution in [0.25, 0.3) is 0 Å². The van der Waals surface area contributed by atoms with E-state index in [9.17, 15) is 4.79 Å². The Morgan fingerprint density at radius 3 is 2.87 bits per heavy atom. The second-order valence-corrected chi connectivity index (χ2v) is 4.38. The van der Waals surface area contributed by atoms with Crippen LogP contribution >= 0.6 is 0 Å². The molecular formula is C13H13NO. The number of ketones is 1. The normalized spacial score (nSPS) is 23.6. The van der Waals surface area contributed by atoms with Crippen LogP contribution in [0.5, 0.6) is 0 Å². The lowest BCUT2D eigenvalue weighted by atomic mass is 9.82. The summed E-state index contributed by atoms with van der Waals surface area (Å²) in [5.74, 6) is 0.202. The van der Waals surface area contributed by atoms with Crippen LogP contribution in [-0.2, 0) is 6.42 Å². The van der Waals surface area contributed by atoms with Crippen molar-refractivity contribution < 1.29 is 4.79 Å². The van der Waals surface area contributed by atoms with Gasteiger partial charge in [0.2, 0.25) is 0 Å². The van der Waals surface area contributed by atoms with E-state index in [0.29, 0.717) is 12.8 Å². The minimum Gasteiger partial charge on any atom is -0.294 e. The van der Waals surface area contributed by atoms with E-state index in [2.05, 4.69) is 6.07 Å². The highest BCUT2D eigenvalue weighted by atomic mass is 16.1. The van der Waals surface area contributed by atoms with Gasteiger partial charge in [0.05, 0.1) is 6.07 Å². The first-order valence-corrected chi connectivity index (χ1v) is 5.17. The summed E-state index contributed by atoms with van der Waals surface area (Å²) in [6.07, 6.45) is 1.90. The molecule has 2 rings (SSSR count). The van der Waals surface area contributed by atoms with Gasteiger partial charge in [0, 0.05) is 17.4 Å². The highest BCUT2D eigenvalue weighted by Gasteiger charge is 2.40. The minimum absolute atomic E-state index is 0.202. The van der Waals surface area contributed by atoms with E-state index < -0.39 is 0 Å². The van der Waals surface area contributed by atoms with Crippen molar-refractivity contribution in [1.82, 2.24) is 0 Å². The molecule has 1 atom stereocenters. The number of hydrogen-bond acceptors (Lipinski definition) is 2. The number of benzene rings is 1. The number of hydrogen-bond donors (Lipinski definition) is 0. The predicted octanol–water partition coefficient (Wildman–Crippen LogP) is 2.74. The summed E-state index contributed by atoms with van der Waals surface area (Å²) in [5.41, 5.74) is 1.63. The van der Waals surface area contributed by atoms with E-state index in [4.69, 9.17) is 5.26 Å². The fourth-order valence-corrected chi connectivity index (χ4v) is 2.26. The smallest absolute Gasteiger partial charge is 0.169 e. The fourth-order valence-electron chi connectivity index (χ4n) is 2.26. The Labute approximate surface area is 89.5 Å². The Kier molecular flexibility index (Phi) is 2.32. The lowest BCUT2D eigenvalue weighted by molar-refractivity contribution is 0.0832.